The molecule has 2 atom stereocenters. The van der Waals surface area contributed by atoms with Gasteiger partial charge < -0.3 is 15.0 Å². The fourth-order valence-corrected chi connectivity index (χ4v) is 3.99. The van der Waals surface area contributed by atoms with Crippen molar-refractivity contribution >= 4 is 17.3 Å². The van der Waals surface area contributed by atoms with Crippen molar-refractivity contribution in [2.24, 2.45) is 0 Å². The molecule has 0 bridgehead atoms. The Morgan fingerprint density at radius 2 is 1.69 bits per heavy atom. The van der Waals surface area contributed by atoms with Crippen LogP contribution in [-0.2, 0) is 4.79 Å². The number of carbonyl (C=O) groups excluding carboxylic acids is 1. The van der Waals surface area contributed by atoms with Gasteiger partial charge in [0.2, 0.25) is 0 Å². The van der Waals surface area contributed by atoms with Crippen molar-refractivity contribution in [3.05, 3.63) is 90.0 Å². The van der Waals surface area contributed by atoms with Crippen LogP contribution in [0.5, 0.6) is 5.75 Å². The monoisotopic (exact) mass is 386 g/mol. The van der Waals surface area contributed by atoms with E-state index in [1.54, 1.807) is 0 Å². The summed E-state index contributed by atoms with van der Waals surface area (Å²) in [6.45, 7) is 4.11. The fourth-order valence-electron chi connectivity index (χ4n) is 3.99. The summed E-state index contributed by atoms with van der Waals surface area (Å²) < 4.78 is 5.83. The molecule has 3 aromatic rings. The average molecular weight is 386 g/mol. The molecule has 0 aromatic heterocycles. The van der Waals surface area contributed by atoms with Crippen LogP contribution in [0.4, 0.5) is 11.4 Å². The molecule has 29 heavy (non-hydrogen) atoms. The van der Waals surface area contributed by atoms with Crippen LogP contribution >= 0.6 is 0 Å². The number of anilines is 2. The van der Waals surface area contributed by atoms with Gasteiger partial charge in [-0.1, -0.05) is 54.6 Å². The number of fused-ring (bicyclic) bond motifs is 1. The first-order valence-corrected chi connectivity index (χ1v) is 10.0. The topological polar surface area (TPSA) is 41.6 Å². The molecule has 0 fully saturated rings. The molecule has 4 nitrogen and oxygen atoms in total. The number of carbonyl (C=O) groups is 1. The van der Waals surface area contributed by atoms with Crippen LogP contribution in [0.3, 0.4) is 0 Å². The zero-order valence-corrected chi connectivity index (χ0v) is 16.8. The van der Waals surface area contributed by atoms with E-state index in [-0.39, 0.29) is 24.6 Å². The van der Waals surface area contributed by atoms with Crippen molar-refractivity contribution < 1.29 is 9.53 Å². The number of nitrogens with one attached hydrogen (secondary N) is 1. The fraction of sp³-hybridized carbons (Fsp3) is 0.240. The molecular weight excluding hydrogens is 360 g/mol. The molecule has 1 aliphatic heterocycles. The lowest BCUT2D eigenvalue weighted by atomic mass is 9.91. The number of benzene rings is 3. The highest BCUT2D eigenvalue weighted by Crippen LogP contribution is 2.38. The van der Waals surface area contributed by atoms with Crippen molar-refractivity contribution in [2.45, 2.75) is 32.4 Å². The second-order valence-electron chi connectivity index (χ2n) is 7.52. The van der Waals surface area contributed by atoms with Crippen molar-refractivity contribution in [1.82, 2.24) is 0 Å². The third-order valence-corrected chi connectivity index (χ3v) is 5.42. The van der Waals surface area contributed by atoms with E-state index in [0.717, 1.165) is 34.7 Å². The van der Waals surface area contributed by atoms with Crippen LogP contribution < -0.4 is 15.0 Å². The molecule has 0 aliphatic carbocycles. The predicted molar refractivity (Wildman–Crippen MR) is 117 cm³/mol. The van der Waals surface area contributed by atoms with E-state index < -0.39 is 0 Å². The quantitative estimate of drug-likeness (QED) is 0.642. The molecule has 1 N–H and O–H groups in total. The minimum absolute atomic E-state index is 0.0219. The summed E-state index contributed by atoms with van der Waals surface area (Å²) in [5.41, 5.74) is 4.21. The number of nitrogens with zero attached hydrogens (tertiary/aromatic N) is 1. The first-order valence-electron chi connectivity index (χ1n) is 10.0. The van der Waals surface area contributed by atoms with Gasteiger partial charge in [0.25, 0.3) is 5.91 Å². The van der Waals surface area contributed by atoms with Crippen LogP contribution in [0.25, 0.3) is 0 Å². The van der Waals surface area contributed by atoms with E-state index >= 15 is 0 Å². The SMILES string of the molecule is Cc1ccccc1OCC(=O)N1c2ccccc2[C@H](Nc2ccccc2)C[C@@H]1C. The summed E-state index contributed by atoms with van der Waals surface area (Å²) in [5.74, 6) is 0.730. The van der Waals surface area contributed by atoms with Crippen LogP contribution in [0.15, 0.2) is 78.9 Å². The Bertz CT molecular complexity index is 987. The van der Waals surface area contributed by atoms with Gasteiger partial charge in [0.1, 0.15) is 5.75 Å². The zero-order chi connectivity index (χ0) is 20.2. The summed E-state index contributed by atoms with van der Waals surface area (Å²) in [6, 6.07) is 26.3. The van der Waals surface area contributed by atoms with Crippen LogP contribution in [0, 0.1) is 6.92 Å². The van der Waals surface area contributed by atoms with Crippen LogP contribution in [-0.4, -0.2) is 18.6 Å². The van der Waals surface area contributed by atoms with Crippen molar-refractivity contribution in [2.75, 3.05) is 16.8 Å². The number of para-hydroxylation sites is 3. The molecule has 3 aromatic carbocycles. The summed E-state index contributed by atoms with van der Waals surface area (Å²) >= 11 is 0. The zero-order valence-electron chi connectivity index (χ0n) is 16.8. The molecule has 0 saturated heterocycles. The van der Waals surface area contributed by atoms with Crippen molar-refractivity contribution in [3.8, 4) is 5.75 Å². The van der Waals surface area contributed by atoms with E-state index in [1.165, 1.54) is 0 Å². The van der Waals surface area contributed by atoms with Gasteiger partial charge in [0.05, 0.1) is 6.04 Å². The van der Waals surface area contributed by atoms with E-state index in [0.29, 0.717) is 0 Å². The first kappa shape index (κ1) is 19.1. The number of aryl methyl sites for hydroxylation is 1. The highest BCUT2D eigenvalue weighted by molar-refractivity contribution is 5.96. The number of hydrogen-bond acceptors (Lipinski definition) is 3. The number of ether oxygens (including phenoxy) is 1. The number of amides is 1. The van der Waals surface area contributed by atoms with Crippen molar-refractivity contribution in [1.29, 1.82) is 0 Å². The van der Waals surface area contributed by atoms with Gasteiger partial charge >= 0.3 is 0 Å². The Morgan fingerprint density at radius 1 is 1.00 bits per heavy atom. The first-order chi connectivity index (χ1) is 14.1. The van der Waals surface area contributed by atoms with Crippen molar-refractivity contribution in [3.63, 3.8) is 0 Å². The highest BCUT2D eigenvalue weighted by atomic mass is 16.5. The average Bonchev–Trinajstić information content (AvgIpc) is 2.74. The second kappa shape index (κ2) is 8.39. The maximum absolute atomic E-state index is 13.1. The van der Waals surface area contributed by atoms with E-state index in [4.69, 9.17) is 4.74 Å². The lowest BCUT2D eigenvalue weighted by Crippen LogP contribution is -2.46. The molecule has 0 saturated carbocycles. The van der Waals surface area contributed by atoms with E-state index in [2.05, 4.69) is 30.4 Å². The highest BCUT2D eigenvalue weighted by Gasteiger charge is 2.33. The van der Waals surface area contributed by atoms with Crippen LogP contribution in [0.2, 0.25) is 0 Å². The normalized spacial score (nSPS) is 18.1. The molecule has 148 valence electrons. The Kier molecular flexibility index (Phi) is 5.52. The Morgan fingerprint density at radius 3 is 2.48 bits per heavy atom. The molecular formula is C25H26N2O2. The van der Waals surface area contributed by atoms with Gasteiger partial charge in [-0.3, -0.25) is 4.79 Å². The van der Waals surface area contributed by atoms with Gasteiger partial charge in [-0.05, 0) is 55.7 Å². The number of hydrogen-bond donors (Lipinski definition) is 1. The van der Waals surface area contributed by atoms with Gasteiger partial charge in [-0.25, -0.2) is 0 Å². The molecule has 0 radical (unpaired) electrons. The summed E-state index contributed by atoms with van der Waals surface area (Å²) in [6.07, 6.45) is 0.835. The largest absolute Gasteiger partial charge is 0.483 e. The standard InChI is InChI=1S/C25H26N2O2/c1-18-10-6-9-15-24(18)29-17-25(28)27-19(2)16-22(21-13-7-8-14-23(21)27)26-20-11-4-3-5-12-20/h3-15,19,22,26H,16-17H2,1-2H3/t19-,22+/m0/s1. The summed E-state index contributed by atoms with van der Waals surface area (Å²) in [4.78, 5) is 15.0. The Hall–Kier alpha value is -3.27. The number of rotatable bonds is 5. The van der Waals surface area contributed by atoms with Gasteiger partial charge in [-0.2, -0.15) is 0 Å². The Balaban J connectivity index is 1.55. The third kappa shape index (κ3) is 4.11. The molecule has 1 aliphatic rings. The summed E-state index contributed by atoms with van der Waals surface area (Å²) in [7, 11) is 0. The second-order valence-corrected chi connectivity index (χ2v) is 7.52. The van der Waals surface area contributed by atoms with Gasteiger partial charge in [0.15, 0.2) is 6.61 Å². The molecule has 4 heteroatoms. The predicted octanol–water partition coefficient (Wildman–Crippen LogP) is 5.35. The lowest BCUT2D eigenvalue weighted by Gasteiger charge is -2.40. The minimum Gasteiger partial charge on any atom is -0.483 e. The maximum atomic E-state index is 13.1. The molecule has 1 amide bonds. The molecule has 4 rings (SSSR count). The van der Waals surface area contributed by atoms with Crippen LogP contribution in [0.1, 0.15) is 30.5 Å². The molecule has 1 heterocycles. The smallest absolute Gasteiger partial charge is 0.265 e. The van der Waals surface area contributed by atoms with Gasteiger partial charge in [-0.15, -0.1) is 0 Å². The third-order valence-electron chi connectivity index (χ3n) is 5.42. The molecule has 0 unspecified atom stereocenters. The summed E-state index contributed by atoms with van der Waals surface area (Å²) in [5, 5.41) is 3.62. The lowest BCUT2D eigenvalue weighted by molar-refractivity contribution is -0.121. The maximum Gasteiger partial charge on any atom is 0.265 e. The van der Waals surface area contributed by atoms with E-state index in [1.807, 2.05) is 72.5 Å². The minimum atomic E-state index is -0.0219. The van der Waals surface area contributed by atoms with Gasteiger partial charge in [0, 0.05) is 17.4 Å². The molecule has 0 spiro atoms. The van der Waals surface area contributed by atoms with E-state index in [9.17, 15) is 4.79 Å². The Labute approximate surface area is 172 Å².